The third-order valence-corrected chi connectivity index (χ3v) is 1.94. The average molecular weight is 250 g/mol. The van der Waals surface area contributed by atoms with Crippen LogP contribution in [0.15, 0.2) is 0 Å². The lowest BCUT2D eigenvalue weighted by molar-refractivity contribution is -0.273. The molecule has 0 aromatic rings. The molecule has 96 valence electrons. The molecule has 0 aliphatic carbocycles. The normalized spacial score (nSPS) is 13.6. The summed E-state index contributed by atoms with van der Waals surface area (Å²) in [5.74, 6) is -5.78. The van der Waals surface area contributed by atoms with Crippen LogP contribution in [0.3, 0.4) is 0 Å². The molecule has 0 N–H and O–H groups in total. The Bertz CT molecular complexity index is 225. The van der Waals surface area contributed by atoms with Gasteiger partial charge in [-0.2, -0.15) is 26.3 Å². The van der Waals surface area contributed by atoms with Gasteiger partial charge in [0.1, 0.15) is 0 Å². The van der Waals surface area contributed by atoms with Crippen LogP contribution in [-0.2, 0) is 4.79 Å². The van der Waals surface area contributed by atoms with E-state index < -0.39 is 30.5 Å². The van der Waals surface area contributed by atoms with Gasteiger partial charge in [-0.1, -0.05) is 13.8 Å². The second-order valence-electron chi connectivity index (χ2n) is 3.92. The summed E-state index contributed by atoms with van der Waals surface area (Å²) in [6, 6.07) is 0. The fraction of sp³-hybridized carbons (Fsp3) is 0.889. The minimum absolute atomic E-state index is 0.0154. The Morgan fingerprint density at radius 3 is 1.62 bits per heavy atom. The molecule has 0 saturated carbocycles. The molecule has 0 radical (unpaired) electrons. The molecule has 0 heterocycles. The number of alkyl halides is 6. The van der Waals surface area contributed by atoms with Crippen molar-refractivity contribution in [1.29, 1.82) is 0 Å². The molecule has 0 atom stereocenters. The van der Waals surface area contributed by atoms with E-state index in [0.29, 0.717) is 0 Å². The number of hydrogen-bond acceptors (Lipinski definition) is 1. The van der Waals surface area contributed by atoms with E-state index >= 15 is 0 Å². The first-order valence-electron chi connectivity index (χ1n) is 4.62. The molecular weight excluding hydrogens is 238 g/mol. The number of hydrogen-bond donors (Lipinski definition) is 0. The van der Waals surface area contributed by atoms with Gasteiger partial charge in [0, 0.05) is 6.42 Å². The zero-order valence-electron chi connectivity index (χ0n) is 8.74. The molecule has 16 heavy (non-hydrogen) atoms. The predicted molar refractivity (Wildman–Crippen MR) is 44.7 cm³/mol. The van der Waals surface area contributed by atoms with Crippen molar-refractivity contribution < 1.29 is 31.1 Å². The van der Waals surface area contributed by atoms with E-state index in [1.54, 1.807) is 13.8 Å². The van der Waals surface area contributed by atoms with Crippen LogP contribution in [0.2, 0.25) is 0 Å². The summed E-state index contributed by atoms with van der Waals surface area (Å²) >= 11 is 0. The third-order valence-electron chi connectivity index (χ3n) is 1.94. The number of carbonyl (C=O) groups is 1. The molecule has 0 unspecified atom stereocenters. The minimum atomic E-state index is -5.56. The first-order chi connectivity index (χ1) is 6.96. The molecule has 0 spiro atoms. The van der Waals surface area contributed by atoms with Gasteiger partial charge in [0.05, 0.1) is 0 Å². The van der Waals surface area contributed by atoms with Gasteiger partial charge in [-0.3, -0.25) is 4.79 Å². The third kappa shape index (κ3) is 4.85. The van der Waals surface area contributed by atoms with Crippen molar-refractivity contribution in [2.75, 3.05) is 0 Å². The van der Waals surface area contributed by atoms with Crippen LogP contribution in [0.1, 0.15) is 26.7 Å². The lowest BCUT2D eigenvalue weighted by atomic mass is 9.96. The Morgan fingerprint density at radius 2 is 1.38 bits per heavy atom. The molecule has 0 rings (SSSR count). The highest BCUT2D eigenvalue weighted by Gasteiger charge is 2.60. The Kier molecular flexibility index (Phi) is 4.82. The molecule has 0 aromatic carbocycles. The summed E-state index contributed by atoms with van der Waals surface area (Å²) in [4.78, 5) is 10.9. The van der Waals surface area contributed by atoms with Crippen LogP contribution in [0, 0.1) is 11.8 Å². The second-order valence-corrected chi connectivity index (χ2v) is 3.92. The number of Topliss-reactive ketones (excluding diaryl/α,β-unsaturated/α-hetero) is 1. The van der Waals surface area contributed by atoms with Crippen molar-refractivity contribution in [2.45, 2.75) is 39.0 Å². The summed E-state index contributed by atoms with van der Waals surface area (Å²) in [5.41, 5.74) is 0. The van der Waals surface area contributed by atoms with Gasteiger partial charge in [0.2, 0.25) is 5.92 Å². The Morgan fingerprint density at radius 1 is 1.00 bits per heavy atom. The van der Waals surface area contributed by atoms with Crippen molar-refractivity contribution in [3.8, 4) is 0 Å². The lowest BCUT2D eigenvalue weighted by Crippen LogP contribution is -2.42. The number of ketones is 1. The van der Waals surface area contributed by atoms with E-state index in [9.17, 15) is 31.1 Å². The molecule has 0 fully saturated rings. The summed E-state index contributed by atoms with van der Waals surface area (Å²) in [6.07, 6.45) is -11.8. The zero-order valence-corrected chi connectivity index (χ0v) is 8.74. The van der Waals surface area contributed by atoms with E-state index in [0.717, 1.165) is 0 Å². The fourth-order valence-electron chi connectivity index (χ4n) is 1.13. The summed E-state index contributed by atoms with van der Waals surface area (Å²) < 4.78 is 72.3. The first-order valence-corrected chi connectivity index (χ1v) is 4.62. The maximum Gasteiger partial charge on any atom is 0.407 e. The Labute approximate surface area is 88.8 Å². The van der Waals surface area contributed by atoms with Gasteiger partial charge in [0.15, 0.2) is 5.78 Å². The van der Waals surface area contributed by atoms with E-state index in [4.69, 9.17) is 0 Å². The molecule has 1 nitrogen and oxygen atoms in total. The summed E-state index contributed by atoms with van der Waals surface area (Å²) in [7, 11) is 0. The SMILES string of the molecule is CC(C)CCC(=O)C(C(F)(F)F)C(F)(F)F. The maximum atomic E-state index is 12.1. The number of rotatable bonds is 4. The van der Waals surface area contributed by atoms with Gasteiger partial charge >= 0.3 is 12.4 Å². The first kappa shape index (κ1) is 15.2. The molecule has 0 bridgehead atoms. The Hall–Kier alpha value is -0.750. The van der Waals surface area contributed by atoms with Crippen molar-refractivity contribution in [3.05, 3.63) is 0 Å². The maximum absolute atomic E-state index is 12.1. The molecule has 0 aliphatic rings. The molecule has 0 aliphatic heterocycles. The van der Waals surface area contributed by atoms with Gasteiger partial charge < -0.3 is 0 Å². The highest BCUT2D eigenvalue weighted by molar-refractivity contribution is 5.82. The van der Waals surface area contributed by atoms with Crippen LogP contribution in [0.5, 0.6) is 0 Å². The van der Waals surface area contributed by atoms with E-state index in [1.807, 2.05) is 0 Å². The number of halogens is 6. The van der Waals surface area contributed by atoms with Crippen LogP contribution in [-0.4, -0.2) is 18.1 Å². The topological polar surface area (TPSA) is 17.1 Å². The standard InChI is InChI=1S/C9H12F6O/c1-5(2)3-4-6(16)7(8(10,11)12)9(13,14)15/h5,7H,3-4H2,1-2H3. The van der Waals surface area contributed by atoms with Crippen molar-refractivity contribution in [2.24, 2.45) is 11.8 Å². The quantitative estimate of drug-likeness (QED) is 0.695. The average Bonchev–Trinajstić information content (AvgIpc) is 1.94. The minimum Gasteiger partial charge on any atom is -0.299 e. The van der Waals surface area contributed by atoms with Crippen LogP contribution < -0.4 is 0 Å². The van der Waals surface area contributed by atoms with Crippen molar-refractivity contribution in [3.63, 3.8) is 0 Å². The van der Waals surface area contributed by atoms with Gasteiger partial charge in [0.25, 0.3) is 0 Å². The van der Waals surface area contributed by atoms with Gasteiger partial charge in [-0.25, -0.2) is 0 Å². The highest BCUT2D eigenvalue weighted by Crippen LogP contribution is 2.40. The van der Waals surface area contributed by atoms with Crippen LogP contribution in [0.4, 0.5) is 26.3 Å². The van der Waals surface area contributed by atoms with E-state index in [1.165, 1.54) is 0 Å². The molecule has 0 aromatic heterocycles. The molecule has 0 saturated heterocycles. The van der Waals surface area contributed by atoms with Gasteiger partial charge in [-0.05, 0) is 12.3 Å². The highest BCUT2D eigenvalue weighted by atomic mass is 19.4. The molecule has 0 amide bonds. The molecular formula is C9H12F6O. The zero-order chi connectivity index (χ0) is 13.1. The predicted octanol–water partition coefficient (Wildman–Crippen LogP) is 3.73. The van der Waals surface area contributed by atoms with Gasteiger partial charge in [-0.15, -0.1) is 0 Å². The number of carbonyl (C=O) groups excluding carboxylic acids is 1. The van der Waals surface area contributed by atoms with E-state index in [-0.39, 0.29) is 12.3 Å². The largest absolute Gasteiger partial charge is 0.407 e. The Balaban J connectivity index is 4.74. The summed E-state index contributed by atoms with van der Waals surface area (Å²) in [5, 5.41) is 0. The van der Waals surface area contributed by atoms with Crippen molar-refractivity contribution >= 4 is 5.78 Å². The van der Waals surface area contributed by atoms with Crippen LogP contribution >= 0.6 is 0 Å². The molecule has 7 heteroatoms. The monoisotopic (exact) mass is 250 g/mol. The summed E-state index contributed by atoms with van der Waals surface area (Å²) in [6.45, 7) is 3.23. The second kappa shape index (κ2) is 5.05. The smallest absolute Gasteiger partial charge is 0.299 e. The van der Waals surface area contributed by atoms with Crippen molar-refractivity contribution in [1.82, 2.24) is 0 Å². The fourth-order valence-corrected chi connectivity index (χ4v) is 1.13. The van der Waals surface area contributed by atoms with Crippen LogP contribution in [0.25, 0.3) is 0 Å². The van der Waals surface area contributed by atoms with E-state index in [2.05, 4.69) is 0 Å². The lowest BCUT2D eigenvalue weighted by Gasteiger charge is -2.21.